The fourth-order valence-corrected chi connectivity index (χ4v) is 2.24. The van der Waals surface area contributed by atoms with Gasteiger partial charge in [-0.05, 0) is 39.3 Å². The average molecular weight is 198 g/mol. The van der Waals surface area contributed by atoms with Crippen LogP contribution in [0.5, 0.6) is 0 Å². The van der Waals surface area contributed by atoms with Crippen molar-refractivity contribution in [2.75, 3.05) is 39.9 Å². The zero-order chi connectivity index (χ0) is 9.86. The standard InChI is InChI=1S/C11H22N2O/c1-12-11(4-5-11)3-2-6-13-7-9-14-10-8-13/h12H,2-10H2,1H3. The Hall–Kier alpha value is -0.120. The first kappa shape index (κ1) is 10.4. The Balaban J connectivity index is 1.58. The number of hydrogen-bond donors (Lipinski definition) is 1. The van der Waals surface area contributed by atoms with Crippen LogP contribution in [0.25, 0.3) is 0 Å². The number of morpholine rings is 1. The van der Waals surface area contributed by atoms with Crippen molar-refractivity contribution in [3.05, 3.63) is 0 Å². The predicted octanol–water partition coefficient (Wildman–Crippen LogP) is 0.851. The summed E-state index contributed by atoms with van der Waals surface area (Å²) in [6.45, 7) is 5.38. The van der Waals surface area contributed by atoms with E-state index < -0.39 is 0 Å². The molecule has 0 unspecified atom stereocenters. The number of rotatable bonds is 5. The molecule has 0 aromatic rings. The molecule has 1 heterocycles. The lowest BCUT2D eigenvalue weighted by Gasteiger charge is -2.27. The topological polar surface area (TPSA) is 24.5 Å². The summed E-state index contributed by atoms with van der Waals surface area (Å²) in [5.41, 5.74) is 0.534. The third-order valence-corrected chi connectivity index (χ3v) is 3.62. The summed E-state index contributed by atoms with van der Waals surface area (Å²) in [5.74, 6) is 0. The minimum absolute atomic E-state index is 0.534. The maximum Gasteiger partial charge on any atom is 0.0594 e. The first-order chi connectivity index (χ1) is 6.85. The SMILES string of the molecule is CNC1(CCCN2CCOCC2)CC1. The highest BCUT2D eigenvalue weighted by molar-refractivity contribution is 5.00. The Morgan fingerprint density at radius 2 is 2.00 bits per heavy atom. The van der Waals surface area contributed by atoms with E-state index in [0.717, 1.165) is 26.3 Å². The molecule has 14 heavy (non-hydrogen) atoms. The second kappa shape index (κ2) is 4.60. The van der Waals surface area contributed by atoms with Crippen molar-refractivity contribution >= 4 is 0 Å². The maximum absolute atomic E-state index is 5.33. The lowest BCUT2D eigenvalue weighted by Crippen LogP contribution is -2.37. The Labute approximate surface area is 86.8 Å². The lowest BCUT2D eigenvalue weighted by molar-refractivity contribution is 0.0368. The number of hydrogen-bond acceptors (Lipinski definition) is 3. The molecule has 3 heteroatoms. The molecule has 1 N–H and O–H groups in total. The van der Waals surface area contributed by atoms with Gasteiger partial charge in [-0.15, -0.1) is 0 Å². The predicted molar refractivity (Wildman–Crippen MR) is 57.5 cm³/mol. The number of ether oxygens (including phenoxy) is 1. The van der Waals surface area contributed by atoms with Gasteiger partial charge in [-0.3, -0.25) is 4.90 Å². The van der Waals surface area contributed by atoms with Gasteiger partial charge in [0.15, 0.2) is 0 Å². The first-order valence-electron chi connectivity index (χ1n) is 5.84. The van der Waals surface area contributed by atoms with Crippen LogP contribution in [0.1, 0.15) is 25.7 Å². The molecule has 82 valence electrons. The quantitative estimate of drug-likeness (QED) is 0.709. The van der Waals surface area contributed by atoms with E-state index in [0.29, 0.717) is 5.54 Å². The van der Waals surface area contributed by atoms with E-state index in [2.05, 4.69) is 17.3 Å². The molecule has 0 aromatic carbocycles. The van der Waals surface area contributed by atoms with Crippen molar-refractivity contribution < 1.29 is 4.74 Å². The van der Waals surface area contributed by atoms with Crippen molar-refractivity contribution in [1.82, 2.24) is 10.2 Å². The minimum Gasteiger partial charge on any atom is -0.379 e. The van der Waals surface area contributed by atoms with Gasteiger partial charge in [-0.25, -0.2) is 0 Å². The number of nitrogens with one attached hydrogen (secondary N) is 1. The van der Waals surface area contributed by atoms with Crippen LogP contribution in [0, 0.1) is 0 Å². The molecule has 2 rings (SSSR count). The Morgan fingerprint density at radius 1 is 1.29 bits per heavy atom. The van der Waals surface area contributed by atoms with E-state index in [1.54, 1.807) is 0 Å². The highest BCUT2D eigenvalue weighted by atomic mass is 16.5. The zero-order valence-electron chi connectivity index (χ0n) is 9.22. The van der Waals surface area contributed by atoms with Crippen molar-refractivity contribution in [3.8, 4) is 0 Å². The summed E-state index contributed by atoms with van der Waals surface area (Å²) < 4.78 is 5.33. The molecule has 0 amide bonds. The van der Waals surface area contributed by atoms with Crippen LogP contribution in [0.4, 0.5) is 0 Å². The van der Waals surface area contributed by atoms with Crippen molar-refractivity contribution in [3.63, 3.8) is 0 Å². The van der Waals surface area contributed by atoms with E-state index in [1.807, 2.05) is 0 Å². The second-order valence-corrected chi connectivity index (χ2v) is 4.59. The highest BCUT2D eigenvalue weighted by Gasteiger charge is 2.39. The molecule has 1 aliphatic heterocycles. The molecule has 1 saturated heterocycles. The Morgan fingerprint density at radius 3 is 2.57 bits per heavy atom. The summed E-state index contributed by atoms with van der Waals surface area (Å²) in [6, 6.07) is 0. The third-order valence-electron chi connectivity index (χ3n) is 3.62. The smallest absolute Gasteiger partial charge is 0.0594 e. The molecule has 0 atom stereocenters. The molecule has 3 nitrogen and oxygen atoms in total. The van der Waals surface area contributed by atoms with Crippen LogP contribution in [-0.4, -0.2) is 50.3 Å². The fourth-order valence-electron chi connectivity index (χ4n) is 2.24. The van der Waals surface area contributed by atoms with Gasteiger partial charge in [0.05, 0.1) is 13.2 Å². The maximum atomic E-state index is 5.33. The zero-order valence-corrected chi connectivity index (χ0v) is 9.22. The molecular formula is C11H22N2O. The minimum atomic E-state index is 0.534. The van der Waals surface area contributed by atoms with Gasteiger partial charge in [0.1, 0.15) is 0 Å². The van der Waals surface area contributed by atoms with E-state index in [-0.39, 0.29) is 0 Å². The summed E-state index contributed by atoms with van der Waals surface area (Å²) in [7, 11) is 2.10. The van der Waals surface area contributed by atoms with Crippen LogP contribution in [0.2, 0.25) is 0 Å². The van der Waals surface area contributed by atoms with E-state index in [9.17, 15) is 0 Å². The molecular weight excluding hydrogens is 176 g/mol. The van der Waals surface area contributed by atoms with E-state index >= 15 is 0 Å². The van der Waals surface area contributed by atoms with Gasteiger partial charge in [-0.1, -0.05) is 0 Å². The summed E-state index contributed by atoms with van der Waals surface area (Å²) in [5, 5.41) is 3.45. The molecule has 2 aliphatic rings. The van der Waals surface area contributed by atoms with Crippen LogP contribution in [-0.2, 0) is 4.74 Å². The van der Waals surface area contributed by atoms with E-state index in [1.165, 1.54) is 32.2 Å². The summed E-state index contributed by atoms with van der Waals surface area (Å²) in [4.78, 5) is 2.52. The van der Waals surface area contributed by atoms with Crippen molar-refractivity contribution in [2.45, 2.75) is 31.2 Å². The van der Waals surface area contributed by atoms with Gasteiger partial charge < -0.3 is 10.1 Å². The average Bonchev–Trinajstić information content (AvgIpc) is 3.00. The lowest BCUT2D eigenvalue weighted by atomic mass is 10.1. The molecule has 0 aromatic heterocycles. The van der Waals surface area contributed by atoms with E-state index in [4.69, 9.17) is 4.74 Å². The van der Waals surface area contributed by atoms with Crippen molar-refractivity contribution in [2.24, 2.45) is 0 Å². The summed E-state index contributed by atoms with van der Waals surface area (Å²) >= 11 is 0. The molecule has 1 saturated carbocycles. The fraction of sp³-hybridized carbons (Fsp3) is 1.00. The summed E-state index contributed by atoms with van der Waals surface area (Å²) in [6.07, 6.45) is 5.45. The van der Waals surface area contributed by atoms with Crippen LogP contribution >= 0.6 is 0 Å². The molecule has 2 fully saturated rings. The highest BCUT2D eigenvalue weighted by Crippen LogP contribution is 2.39. The molecule has 1 aliphatic carbocycles. The number of nitrogens with zero attached hydrogens (tertiary/aromatic N) is 1. The van der Waals surface area contributed by atoms with Gasteiger partial charge in [0.25, 0.3) is 0 Å². The Kier molecular flexibility index (Phi) is 3.42. The van der Waals surface area contributed by atoms with Crippen molar-refractivity contribution in [1.29, 1.82) is 0 Å². The van der Waals surface area contributed by atoms with Gasteiger partial charge >= 0.3 is 0 Å². The van der Waals surface area contributed by atoms with Crippen LogP contribution < -0.4 is 5.32 Å². The largest absolute Gasteiger partial charge is 0.379 e. The Bertz CT molecular complexity index is 174. The van der Waals surface area contributed by atoms with Crippen LogP contribution in [0.15, 0.2) is 0 Å². The van der Waals surface area contributed by atoms with Crippen LogP contribution in [0.3, 0.4) is 0 Å². The van der Waals surface area contributed by atoms with Gasteiger partial charge in [-0.2, -0.15) is 0 Å². The second-order valence-electron chi connectivity index (χ2n) is 4.59. The molecule has 0 spiro atoms. The monoisotopic (exact) mass is 198 g/mol. The normalized spacial score (nSPS) is 26.4. The third kappa shape index (κ3) is 2.69. The molecule has 0 bridgehead atoms. The van der Waals surface area contributed by atoms with Gasteiger partial charge in [0, 0.05) is 18.6 Å². The first-order valence-corrected chi connectivity index (χ1v) is 5.84. The molecule has 0 radical (unpaired) electrons. The van der Waals surface area contributed by atoms with Gasteiger partial charge in [0.2, 0.25) is 0 Å².